The van der Waals surface area contributed by atoms with E-state index >= 15 is 0 Å². The van der Waals surface area contributed by atoms with Gasteiger partial charge in [0.2, 0.25) is 0 Å². The van der Waals surface area contributed by atoms with Crippen LogP contribution < -0.4 is 10.1 Å². The van der Waals surface area contributed by atoms with E-state index in [1.54, 1.807) is 6.07 Å². The van der Waals surface area contributed by atoms with E-state index in [9.17, 15) is 8.78 Å². The molecule has 0 aromatic heterocycles. The molecule has 2 nitrogen and oxygen atoms in total. The van der Waals surface area contributed by atoms with Crippen LogP contribution in [-0.4, -0.2) is 13.2 Å². The lowest BCUT2D eigenvalue weighted by molar-refractivity contribution is -0.0504. The summed E-state index contributed by atoms with van der Waals surface area (Å²) in [4.78, 5) is 0. The summed E-state index contributed by atoms with van der Waals surface area (Å²) >= 11 is 5.84. The summed E-state index contributed by atoms with van der Waals surface area (Å²) in [6.45, 7) is -1.64. The van der Waals surface area contributed by atoms with Gasteiger partial charge in [-0.05, 0) is 37.6 Å². The number of unbranched alkanes of at least 4 members (excludes halogenated alkanes) is 2. The van der Waals surface area contributed by atoms with Gasteiger partial charge in [-0.15, -0.1) is 12.3 Å². The van der Waals surface area contributed by atoms with E-state index < -0.39 is 6.61 Å². The molecule has 1 rings (SSSR count). The molecule has 19 heavy (non-hydrogen) atoms. The Morgan fingerprint density at radius 3 is 2.84 bits per heavy atom. The predicted octanol–water partition coefficient (Wildman–Crippen LogP) is 3.83. The predicted molar refractivity (Wildman–Crippen MR) is 72.5 cm³/mol. The second kappa shape index (κ2) is 8.73. The molecule has 1 N–H and O–H groups in total. The van der Waals surface area contributed by atoms with Crippen molar-refractivity contribution in [3.8, 4) is 18.1 Å². The Morgan fingerprint density at radius 1 is 1.37 bits per heavy atom. The first kappa shape index (κ1) is 15.7. The van der Waals surface area contributed by atoms with Crippen LogP contribution in [0.4, 0.5) is 8.78 Å². The van der Waals surface area contributed by atoms with Crippen LogP contribution in [0.1, 0.15) is 24.8 Å². The smallest absolute Gasteiger partial charge is 0.387 e. The SMILES string of the molecule is C#CCCCCNCc1cc(Cl)ccc1OC(F)F. The summed E-state index contributed by atoms with van der Waals surface area (Å²) in [5.74, 6) is 2.71. The highest BCUT2D eigenvalue weighted by atomic mass is 35.5. The van der Waals surface area contributed by atoms with Gasteiger partial charge in [-0.1, -0.05) is 11.6 Å². The fourth-order valence-corrected chi connectivity index (χ4v) is 1.79. The molecule has 1 aromatic rings. The number of nitrogens with one attached hydrogen (secondary N) is 1. The van der Waals surface area contributed by atoms with Gasteiger partial charge in [0.1, 0.15) is 5.75 Å². The van der Waals surface area contributed by atoms with Crippen molar-refractivity contribution in [3.63, 3.8) is 0 Å². The van der Waals surface area contributed by atoms with Crippen molar-refractivity contribution in [2.24, 2.45) is 0 Å². The molecule has 5 heteroatoms. The average Bonchev–Trinajstić information content (AvgIpc) is 2.36. The summed E-state index contributed by atoms with van der Waals surface area (Å²) in [6, 6.07) is 4.59. The van der Waals surface area contributed by atoms with E-state index in [2.05, 4.69) is 16.0 Å². The minimum Gasteiger partial charge on any atom is -0.434 e. The maximum absolute atomic E-state index is 12.2. The summed E-state index contributed by atoms with van der Waals surface area (Å²) in [5, 5.41) is 3.64. The monoisotopic (exact) mass is 287 g/mol. The van der Waals surface area contributed by atoms with Crippen molar-refractivity contribution in [1.29, 1.82) is 0 Å². The molecular formula is C14H16ClF2NO. The lowest BCUT2D eigenvalue weighted by Gasteiger charge is -2.11. The van der Waals surface area contributed by atoms with Gasteiger partial charge in [0, 0.05) is 23.6 Å². The normalized spacial score (nSPS) is 10.5. The Morgan fingerprint density at radius 2 is 2.16 bits per heavy atom. The largest absolute Gasteiger partial charge is 0.434 e. The third-order valence-corrected chi connectivity index (χ3v) is 2.71. The number of ether oxygens (including phenoxy) is 1. The highest BCUT2D eigenvalue weighted by Crippen LogP contribution is 2.24. The van der Waals surface area contributed by atoms with Crippen LogP contribution >= 0.6 is 11.6 Å². The van der Waals surface area contributed by atoms with Gasteiger partial charge in [-0.2, -0.15) is 8.78 Å². The molecule has 0 atom stereocenters. The molecule has 0 heterocycles. The Balaban J connectivity index is 2.47. The average molecular weight is 288 g/mol. The van der Waals surface area contributed by atoms with E-state index in [4.69, 9.17) is 18.0 Å². The molecule has 0 aliphatic rings. The van der Waals surface area contributed by atoms with E-state index in [0.29, 0.717) is 17.1 Å². The summed E-state index contributed by atoms with van der Waals surface area (Å²) in [5.41, 5.74) is 0.616. The van der Waals surface area contributed by atoms with Crippen molar-refractivity contribution in [2.45, 2.75) is 32.4 Å². The summed E-state index contributed by atoms with van der Waals surface area (Å²) in [6.07, 6.45) is 7.78. The summed E-state index contributed by atoms with van der Waals surface area (Å²) < 4.78 is 28.9. The zero-order valence-electron chi connectivity index (χ0n) is 10.5. The molecule has 0 aliphatic heterocycles. The third-order valence-electron chi connectivity index (χ3n) is 2.48. The Kier molecular flexibility index (Phi) is 7.24. The van der Waals surface area contributed by atoms with Gasteiger partial charge >= 0.3 is 6.61 Å². The Bertz CT molecular complexity index is 432. The molecule has 104 valence electrons. The molecule has 0 fully saturated rings. The topological polar surface area (TPSA) is 21.3 Å². The standard InChI is InChI=1S/C14H16ClF2NO/c1-2-3-4-5-8-18-10-11-9-12(15)6-7-13(11)19-14(16)17/h1,6-7,9,14,18H,3-5,8,10H2. The Labute approximate surface area is 117 Å². The molecule has 0 saturated carbocycles. The van der Waals surface area contributed by atoms with Gasteiger partial charge in [-0.3, -0.25) is 0 Å². The fourth-order valence-electron chi connectivity index (χ4n) is 1.60. The first-order valence-electron chi connectivity index (χ1n) is 6.01. The van der Waals surface area contributed by atoms with E-state index in [0.717, 1.165) is 25.8 Å². The van der Waals surface area contributed by atoms with Gasteiger partial charge in [0.25, 0.3) is 0 Å². The molecular weight excluding hydrogens is 272 g/mol. The summed E-state index contributed by atoms with van der Waals surface area (Å²) in [7, 11) is 0. The van der Waals surface area contributed by atoms with E-state index in [1.807, 2.05) is 0 Å². The van der Waals surface area contributed by atoms with Crippen LogP contribution in [0.25, 0.3) is 0 Å². The van der Waals surface area contributed by atoms with Crippen molar-refractivity contribution >= 4 is 11.6 Å². The minimum atomic E-state index is -2.84. The third kappa shape index (κ3) is 6.42. The molecule has 0 aliphatic carbocycles. The van der Waals surface area contributed by atoms with Crippen LogP contribution in [0.5, 0.6) is 5.75 Å². The van der Waals surface area contributed by atoms with Crippen LogP contribution in [0.2, 0.25) is 5.02 Å². The Hall–Kier alpha value is -1.31. The number of alkyl halides is 2. The quantitative estimate of drug-likeness (QED) is 0.579. The molecule has 0 bridgehead atoms. The number of rotatable bonds is 8. The lowest BCUT2D eigenvalue weighted by Crippen LogP contribution is -2.16. The highest BCUT2D eigenvalue weighted by Gasteiger charge is 2.09. The number of hydrogen-bond donors (Lipinski definition) is 1. The minimum absolute atomic E-state index is 0.149. The van der Waals surface area contributed by atoms with Gasteiger partial charge in [-0.25, -0.2) is 0 Å². The maximum Gasteiger partial charge on any atom is 0.387 e. The van der Waals surface area contributed by atoms with E-state index in [-0.39, 0.29) is 5.75 Å². The second-order valence-electron chi connectivity index (χ2n) is 3.97. The van der Waals surface area contributed by atoms with Crippen LogP contribution in [0, 0.1) is 12.3 Å². The van der Waals surface area contributed by atoms with Crippen LogP contribution in [0.15, 0.2) is 18.2 Å². The number of halogens is 3. The number of hydrogen-bond acceptors (Lipinski definition) is 2. The zero-order valence-corrected chi connectivity index (χ0v) is 11.2. The second-order valence-corrected chi connectivity index (χ2v) is 4.40. The van der Waals surface area contributed by atoms with Crippen molar-refractivity contribution in [3.05, 3.63) is 28.8 Å². The fraction of sp³-hybridized carbons (Fsp3) is 0.429. The number of terminal acetylenes is 1. The van der Waals surface area contributed by atoms with Crippen molar-refractivity contribution < 1.29 is 13.5 Å². The van der Waals surface area contributed by atoms with Crippen molar-refractivity contribution in [2.75, 3.05) is 6.54 Å². The van der Waals surface area contributed by atoms with Gasteiger partial charge in [0.05, 0.1) is 0 Å². The van der Waals surface area contributed by atoms with Crippen LogP contribution in [0.3, 0.4) is 0 Å². The molecule has 1 aromatic carbocycles. The lowest BCUT2D eigenvalue weighted by atomic mass is 10.2. The van der Waals surface area contributed by atoms with Gasteiger partial charge < -0.3 is 10.1 Å². The zero-order chi connectivity index (χ0) is 14.1. The first-order chi connectivity index (χ1) is 9.13. The van der Waals surface area contributed by atoms with Crippen LogP contribution in [-0.2, 0) is 6.54 Å². The highest BCUT2D eigenvalue weighted by molar-refractivity contribution is 6.30. The molecule has 0 spiro atoms. The molecule has 0 saturated heterocycles. The maximum atomic E-state index is 12.2. The molecule has 0 amide bonds. The van der Waals surface area contributed by atoms with Crippen molar-refractivity contribution in [1.82, 2.24) is 5.32 Å². The molecule has 0 unspecified atom stereocenters. The van der Waals surface area contributed by atoms with Gasteiger partial charge in [0.15, 0.2) is 0 Å². The number of benzene rings is 1. The van der Waals surface area contributed by atoms with E-state index in [1.165, 1.54) is 12.1 Å². The molecule has 0 radical (unpaired) electrons. The first-order valence-corrected chi connectivity index (χ1v) is 6.38.